The molecule has 0 saturated heterocycles. The average molecular weight is 297 g/mol. The summed E-state index contributed by atoms with van der Waals surface area (Å²) in [6.07, 6.45) is -0.151. The summed E-state index contributed by atoms with van der Waals surface area (Å²) in [6, 6.07) is 3.75. The molecule has 0 aromatic heterocycles. The van der Waals surface area contributed by atoms with Crippen molar-refractivity contribution in [3.8, 4) is 0 Å². The Bertz CT molecular complexity index is 549. The molecule has 100 valence electrons. The number of alkyl halides is 1. The van der Waals surface area contributed by atoms with Crippen molar-refractivity contribution >= 4 is 33.0 Å². The van der Waals surface area contributed by atoms with E-state index in [0.717, 1.165) is 6.07 Å². The topological polar surface area (TPSA) is 89.3 Å². The van der Waals surface area contributed by atoms with E-state index in [1.165, 1.54) is 12.1 Å². The molecule has 0 unspecified atom stereocenters. The number of halogens is 2. The Morgan fingerprint density at radius 3 is 2.67 bits per heavy atom. The summed E-state index contributed by atoms with van der Waals surface area (Å²) in [4.78, 5) is 9.89. The van der Waals surface area contributed by atoms with Crippen LogP contribution in [0.2, 0.25) is 5.02 Å². The van der Waals surface area contributed by atoms with Crippen LogP contribution in [0.3, 0.4) is 0 Å². The van der Waals surface area contributed by atoms with Gasteiger partial charge in [-0.05, 0) is 12.5 Å². The van der Waals surface area contributed by atoms with Crippen molar-refractivity contribution in [3.05, 3.63) is 33.3 Å². The smallest absolute Gasteiger partial charge is 0.282 e. The monoisotopic (exact) mass is 296 g/mol. The minimum absolute atomic E-state index is 0.0928. The minimum Gasteiger partial charge on any atom is -0.282 e. The van der Waals surface area contributed by atoms with Crippen LogP contribution in [0.25, 0.3) is 0 Å². The van der Waals surface area contributed by atoms with Gasteiger partial charge in [0.15, 0.2) is 0 Å². The van der Waals surface area contributed by atoms with Crippen molar-refractivity contribution < 1.29 is 17.7 Å². The maximum atomic E-state index is 11.9. The summed E-state index contributed by atoms with van der Waals surface area (Å²) in [6.45, 7) is -0.760. The predicted octanol–water partition coefficient (Wildman–Crippen LogP) is 2.35. The van der Waals surface area contributed by atoms with Gasteiger partial charge in [-0.3, -0.25) is 19.2 Å². The van der Waals surface area contributed by atoms with Gasteiger partial charge in [0.05, 0.1) is 23.0 Å². The number of benzene rings is 1. The third-order valence-electron chi connectivity index (χ3n) is 1.99. The van der Waals surface area contributed by atoms with Crippen molar-refractivity contribution in [2.75, 3.05) is 17.1 Å². The van der Waals surface area contributed by atoms with Gasteiger partial charge >= 0.3 is 0 Å². The number of anilines is 1. The normalized spacial score (nSPS) is 11.2. The van der Waals surface area contributed by atoms with Gasteiger partial charge in [-0.25, -0.2) is 8.42 Å². The summed E-state index contributed by atoms with van der Waals surface area (Å²) in [7, 11) is -3.76. The second-order valence-corrected chi connectivity index (χ2v) is 5.58. The van der Waals surface area contributed by atoms with Crippen LogP contribution in [0.1, 0.15) is 6.42 Å². The van der Waals surface area contributed by atoms with E-state index in [1.54, 1.807) is 0 Å². The Labute approximate surface area is 108 Å². The highest BCUT2D eigenvalue weighted by Gasteiger charge is 2.18. The lowest BCUT2D eigenvalue weighted by Crippen LogP contribution is -2.17. The number of nitrogens with one attached hydrogen (secondary N) is 1. The highest BCUT2D eigenvalue weighted by molar-refractivity contribution is 7.92. The third-order valence-corrected chi connectivity index (χ3v) is 3.74. The number of hydrogen-bond donors (Lipinski definition) is 1. The molecule has 0 spiro atoms. The third kappa shape index (κ3) is 3.81. The van der Waals surface area contributed by atoms with E-state index in [0.29, 0.717) is 0 Å². The molecular formula is C9H10ClFN2O4S. The standard InChI is InChI=1S/C9H10ClFN2O4S/c10-9-7(3-1-4-8(9)13(14)15)12-18(16,17)6-2-5-11/h1,3-4,12H,2,5-6H2. The number of sulfonamides is 1. The zero-order valence-corrected chi connectivity index (χ0v) is 10.7. The van der Waals surface area contributed by atoms with E-state index in [1.807, 2.05) is 0 Å². The summed E-state index contributed by atoms with van der Waals surface area (Å²) >= 11 is 5.70. The molecule has 1 rings (SSSR count). The number of nitro groups is 1. The van der Waals surface area contributed by atoms with E-state index >= 15 is 0 Å². The van der Waals surface area contributed by atoms with E-state index in [4.69, 9.17) is 11.6 Å². The molecule has 6 nitrogen and oxygen atoms in total. The number of rotatable bonds is 6. The molecule has 0 fully saturated rings. The fraction of sp³-hybridized carbons (Fsp3) is 0.333. The molecule has 0 heterocycles. The first-order valence-corrected chi connectivity index (χ1v) is 6.90. The first-order valence-electron chi connectivity index (χ1n) is 4.87. The summed E-state index contributed by atoms with van der Waals surface area (Å²) < 4.78 is 37.0. The molecule has 9 heteroatoms. The Morgan fingerprint density at radius 2 is 2.11 bits per heavy atom. The van der Waals surface area contributed by atoms with E-state index < -0.39 is 33.1 Å². The van der Waals surface area contributed by atoms with E-state index in [-0.39, 0.29) is 17.1 Å². The number of hydrogen-bond acceptors (Lipinski definition) is 4. The van der Waals surface area contributed by atoms with Gasteiger partial charge in [-0.2, -0.15) is 0 Å². The van der Waals surface area contributed by atoms with Gasteiger partial charge in [0.1, 0.15) is 5.02 Å². The van der Waals surface area contributed by atoms with Crippen LogP contribution in [0.15, 0.2) is 18.2 Å². The second-order valence-electron chi connectivity index (χ2n) is 3.36. The van der Waals surface area contributed by atoms with Crippen molar-refractivity contribution in [2.45, 2.75) is 6.42 Å². The van der Waals surface area contributed by atoms with Crippen molar-refractivity contribution in [1.29, 1.82) is 0 Å². The molecule has 0 aliphatic rings. The van der Waals surface area contributed by atoms with Gasteiger partial charge in [0.25, 0.3) is 5.69 Å². The first kappa shape index (κ1) is 14.7. The molecule has 0 bridgehead atoms. The zero-order chi connectivity index (χ0) is 13.8. The van der Waals surface area contributed by atoms with Crippen LogP contribution < -0.4 is 4.72 Å². The SMILES string of the molecule is O=[N+]([O-])c1cccc(NS(=O)(=O)CCCF)c1Cl. The largest absolute Gasteiger partial charge is 0.290 e. The van der Waals surface area contributed by atoms with E-state index in [9.17, 15) is 22.9 Å². The van der Waals surface area contributed by atoms with Crippen LogP contribution >= 0.6 is 11.6 Å². The minimum atomic E-state index is -3.76. The Hall–Kier alpha value is -1.41. The van der Waals surface area contributed by atoms with Crippen molar-refractivity contribution in [3.63, 3.8) is 0 Å². The highest BCUT2D eigenvalue weighted by atomic mass is 35.5. The maximum Gasteiger partial charge on any atom is 0.290 e. The summed E-state index contributed by atoms with van der Waals surface area (Å²) in [5, 5.41) is 10.3. The van der Waals surface area contributed by atoms with Gasteiger partial charge in [-0.1, -0.05) is 17.7 Å². The molecule has 0 radical (unpaired) electrons. The van der Waals surface area contributed by atoms with E-state index in [2.05, 4.69) is 4.72 Å². The molecule has 1 aromatic carbocycles. The fourth-order valence-electron chi connectivity index (χ4n) is 1.20. The second kappa shape index (κ2) is 5.96. The molecule has 1 aromatic rings. The number of nitro benzene ring substituents is 1. The zero-order valence-electron chi connectivity index (χ0n) is 9.10. The molecule has 0 aliphatic carbocycles. The summed E-state index contributed by atoms with van der Waals surface area (Å²) in [5.74, 6) is -0.414. The van der Waals surface area contributed by atoms with Crippen LogP contribution in [0.4, 0.5) is 15.8 Å². The molecule has 0 saturated carbocycles. The Balaban J connectivity index is 2.98. The quantitative estimate of drug-likeness (QED) is 0.644. The van der Waals surface area contributed by atoms with Gasteiger partial charge in [-0.15, -0.1) is 0 Å². The highest BCUT2D eigenvalue weighted by Crippen LogP contribution is 2.32. The molecule has 1 N–H and O–H groups in total. The molecular weight excluding hydrogens is 287 g/mol. The first-order chi connectivity index (χ1) is 8.37. The van der Waals surface area contributed by atoms with Gasteiger partial charge in [0, 0.05) is 6.07 Å². The van der Waals surface area contributed by atoms with Gasteiger partial charge < -0.3 is 0 Å². The van der Waals surface area contributed by atoms with Crippen LogP contribution in [0, 0.1) is 10.1 Å². The van der Waals surface area contributed by atoms with Crippen LogP contribution in [0.5, 0.6) is 0 Å². The van der Waals surface area contributed by atoms with Crippen LogP contribution in [-0.4, -0.2) is 25.8 Å². The van der Waals surface area contributed by atoms with Crippen molar-refractivity contribution in [2.24, 2.45) is 0 Å². The molecule has 18 heavy (non-hydrogen) atoms. The maximum absolute atomic E-state index is 11.9. The predicted molar refractivity (Wildman–Crippen MR) is 66.1 cm³/mol. The Morgan fingerprint density at radius 1 is 1.44 bits per heavy atom. The molecule has 0 atom stereocenters. The van der Waals surface area contributed by atoms with Crippen LogP contribution in [-0.2, 0) is 10.0 Å². The summed E-state index contributed by atoms with van der Waals surface area (Å²) in [5.41, 5.74) is -0.493. The lowest BCUT2D eigenvalue weighted by atomic mass is 10.3. The molecule has 0 amide bonds. The number of nitrogens with zero attached hydrogens (tertiary/aromatic N) is 1. The molecule has 0 aliphatic heterocycles. The van der Waals surface area contributed by atoms with Gasteiger partial charge in [0.2, 0.25) is 10.0 Å². The fourth-order valence-corrected chi connectivity index (χ4v) is 2.60. The Kier molecular flexibility index (Phi) is 4.85. The van der Waals surface area contributed by atoms with Crippen molar-refractivity contribution in [1.82, 2.24) is 0 Å². The lowest BCUT2D eigenvalue weighted by Gasteiger charge is -2.08. The lowest BCUT2D eigenvalue weighted by molar-refractivity contribution is -0.384. The average Bonchev–Trinajstić information content (AvgIpc) is 2.29.